The molecule has 0 saturated carbocycles. The number of amides is 1. The lowest BCUT2D eigenvalue weighted by molar-refractivity contribution is -0.125. The van der Waals surface area contributed by atoms with Crippen LogP contribution >= 0.6 is 0 Å². The van der Waals surface area contributed by atoms with Crippen molar-refractivity contribution in [3.63, 3.8) is 0 Å². The fraction of sp³-hybridized carbons (Fsp3) is 0.400. The van der Waals surface area contributed by atoms with Crippen molar-refractivity contribution in [1.29, 1.82) is 0 Å². The van der Waals surface area contributed by atoms with Gasteiger partial charge >= 0.3 is 0 Å². The van der Waals surface area contributed by atoms with Gasteiger partial charge in [0.05, 0.1) is 7.11 Å². The first kappa shape index (κ1) is 12.7. The molecule has 1 N–H and O–H groups in total. The Morgan fingerprint density at radius 3 is 2.94 bits per heavy atom. The van der Waals surface area contributed by atoms with Gasteiger partial charge in [-0.2, -0.15) is 0 Å². The van der Waals surface area contributed by atoms with Crippen molar-refractivity contribution in [3.05, 3.63) is 42.0 Å². The molecule has 0 aromatic heterocycles. The molecule has 0 aliphatic heterocycles. The normalized spacial score (nSPS) is 18.4. The summed E-state index contributed by atoms with van der Waals surface area (Å²) in [6.45, 7) is 0.531. The predicted octanol–water partition coefficient (Wildman–Crippen LogP) is 2.67. The number of hydrogen-bond acceptors (Lipinski definition) is 2. The van der Waals surface area contributed by atoms with Gasteiger partial charge in [-0.3, -0.25) is 4.79 Å². The number of carbonyl (C=O) groups is 1. The molecule has 1 atom stereocenters. The van der Waals surface area contributed by atoms with E-state index < -0.39 is 0 Å². The highest BCUT2D eigenvalue weighted by molar-refractivity contribution is 5.79. The highest BCUT2D eigenvalue weighted by Gasteiger charge is 2.18. The zero-order valence-corrected chi connectivity index (χ0v) is 10.7. The quantitative estimate of drug-likeness (QED) is 0.828. The first-order valence-corrected chi connectivity index (χ1v) is 6.36. The Balaban J connectivity index is 1.90. The minimum atomic E-state index is 0.129. The van der Waals surface area contributed by atoms with Crippen molar-refractivity contribution in [2.24, 2.45) is 5.92 Å². The molecular formula is C15H19NO2. The number of carbonyl (C=O) groups excluding carboxylic acids is 1. The Morgan fingerprint density at radius 1 is 1.39 bits per heavy atom. The minimum Gasteiger partial charge on any atom is -0.496 e. The lowest BCUT2D eigenvalue weighted by atomic mass is 9.93. The van der Waals surface area contributed by atoms with Crippen molar-refractivity contribution < 1.29 is 9.53 Å². The Labute approximate surface area is 108 Å². The van der Waals surface area contributed by atoms with Gasteiger partial charge in [0.1, 0.15) is 5.75 Å². The van der Waals surface area contributed by atoms with Crippen LogP contribution in [0.25, 0.3) is 0 Å². The summed E-state index contributed by atoms with van der Waals surface area (Å²) >= 11 is 0. The zero-order chi connectivity index (χ0) is 12.8. The maximum Gasteiger partial charge on any atom is 0.223 e. The molecule has 0 spiro atoms. The molecule has 1 amide bonds. The van der Waals surface area contributed by atoms with E-state index >= 15 is 0 Å². The van der Waals surface area contributed by atoms with Crippen LogP contribution in [0.4, 0.5) is 0 Å². The number of ether oxygens (including phenoxy) is 1. The van der Waals surface area contributed by atoms with Crippen LogP contribution in [0.5, 0.6) is 5.75 Å². The van der Waals surface area contributed by atoms with Crippen molar-refractivity contribution in [1.82, 2.24) is 5.32 Å². The number of nitrogens with one attached hydrogen (secondary N) is 1. The van der Waals surface area contributed by atoms with Crippen LogP contribution in [-0.4, -0.2) is 13.0 Å². The Hall–Kier alpha value is -1.77. The van der Waals surface area contributed by atoms with Crippen molar-refractivity contribution in [3.8, 4) is 5.75 Å². The standard InChI is InChI=1S/C15H19NO2/c1-18-14-10-6-5-9-13(14)11-16-15(17)12-7-3-2-4-8-12/h2-3,5-6,9-10,12H,4,7-8,11H2,1H3,(H,16,17). The number of allylic oxidation sites excluding steroid dienone is 2. The zero-order valence-electron chi connectivity index (χ0n) is 10.7. The van der Waals surface area contributed by atoms with Crippen LogP contribution in [0, 0.1) is 5.92 Å². The summed E-state index contributed by atoms with van der Waals surface area (Å²) in [5, 5.41) is 2.99. The lowest BCUT2D eigenvalue weighted by Crippen LogP contribution is -2.30. The lowest BCUT2D eigenvalue weighted by Gasteiger charge is -2.17. The van der Waals surface area contributed by atoms with Crippen LogP contribution in [0.3, 0.4) is 0 Å². The monoisotopic (exact) mass is 245 g/mol. The summed E-state index contributed by atoms with van der Waals surface area (Å²) < 4.78 is 5.26. The van der Waals surface area contributed by atoms with Gasteiger partial charge in [-0.1, -0.05) is 30.4 Å². The summed E-state index contributed by atoms with van der Waals surface area (Å²) in [6.07, 6.45) is 7.06. The molecule has 0 radical (unpaired) electrons. The molecule has 3 heteroatoms. The van der Waals surface area contributed by atoms with E-state index in [9.17, 15) is 4.79 Å². The van der Waals surface area contributed by atoms with E-state index in [1.165, 1.54) is 0 Å². The third-order valence-corrected chi connectivity index (χ3v) is 3.29. The van der Waals surface area contributed by atoms with Crippen LogP contribution in [-0.2, 0) is 11.3 Å². The largest absolute Gasteiger partial charge is 0.496 e. The van der Waals surface area contributed by atoms with E-state index in [1.54, 1.807) is 7.11 Å². The van der Waals surface area contributed by atoms with Crippen LogP contribution in [0.2, 0.25) is 0 Å². The van der Waals surface area contributed by atoms with Gasteiger partial charge in [0.15, 0.2) is 0 Å². The smallest absolute Gasteiger partial charge is 0.223 e. The molecule has 1 aromatic carbocycles. The molecule has 2 rings (SSSR count). The molecule has 0 saturated heterocycles. The number of rotatable bonds is 4. The molecule has 1 aliphatic rings. The molecule has 1 aliphatic carbocycles. The average molecular weight is 245 g/mol. The van der Waals surface area contributed by atoms with Crippen molar-refractivity contribution in [2.45, 2.75) is 25.8 Å². The van der Waals surface area contributed by atoms with E-state index in [2.05, 4.69) is 17.5 Å². The average Bonchev–Trinajstić information content (AvgIpc) is 2.46. The number of para-hydroxylation sites is 1. The van der Waals surface area contributed by atoms with Gasteiger partial charge in [-0.05, 0) is 25.3 Å². The van der Waals surface area contributed by atoms with Crippen molar-refractivity contribution in [2.75, 3.05) is 7.11 Å². The van der Waals surface area contributed by atoms with E-state index in [4.69, 9.17) is 4.74 Å². The third kappa shape index (κ3) is 3.13. The summed E-state index contributed by atoms with van der Waals surface area (Å²) in [6, 6.07) is 7.76. The molecule has 3 nitrogen and oxygen atoms in total. The first-order chi connectivity index (χ1) is 8.81. The SMILES string of the molecule is COc1ccccc1CNC(=O)C1CC=CCC1. The fourth-order valence-corrected chi connectivity index (χ4v) is 2.21. The van der Waals surface area contributed by atoms with Gasteiger partial charge in [0.2, 0.25) is 5.91 Å². The topological polar surface area (TPSA) is 38.3 Å². The van der Waals surface area contributed by atoms with Crippen LogP contribution in [0.1, 0.15) is 24.8 Å². The van der Waals surface area contributed by atoms with Gasteiger partial charge in [-0.25, -0.2) is 0 Å². The summed E-state index contributed by atoms with van der Waals surface area (Å²) in [5.41, 5.74) is 1.01. The molecule has 18 heavy (non-hydrogen) atoms. The van der Waals surface area contributed by atoms with E-state index in [0.717, 1.165) is 30.6 Å². The van der Waals surface area contributed by atoms with Gasteiger partial charge in [0.25, 0.3) is 0 Å². The molecule has 96 valence electrons. The Bertz CT molecular complexity index is 440. The third-order valence-electron chi connectivity index (χ3n) is 3.29. The Morgan fingerprint density at radius 2 is 2.22 bits per heavy atom. The highest BCUT2D eigenvalue weighted by Crippen LogP contribution is 2.20. The summed E-state index contributed by atoms with van der Waals surface area (Å²) in [4.78, 5) is 12.0. The highest BCUT2D eigenvalue weighted by atomic mass is 16.5. The molecule has 0 fully saturated rings. The molecule has 1 unspecified atom stereocenters. The van der Waals surface area contributed by atoms with Crippen LogP contribution in [0.15, 0.2) is 36.4 Å². The maximum atomic E-state index is 12.0. The Kier molecular flexibility index (Phi) is 4.40. The number of methoxy groups -OCH3 is 1. The molecule has 0 heterocycles. The second-order valence-corrected chi connectivity index (χ2v) is 4.51. The second-order valence-electron chi connectivity index (χ2n) is 4.51. The summed E-state index contributed by atoms with van der Waals surface area (Å²) in [7, 11) is 1.65. The van der Waals surface area contributed by atoms with E-state index in [-0.39, 0.29) is 11.8 Å². The van der Waals surface area contributed by atoms with Gasteiger partial charge in [0, 0.05) is 18.0 Å². The minimum absolute atomic E-state index is 0.129. The molecule has 1 aromatic rings. The van der Waals surface area contributed by atoms with Gasteiger partial charge < -0.3 is 10.1 Å². The van der Waals surface area contributed by atoms with Crippen LogP contribution < -0.4 is 10.1 Å². The predicted molar refractivity (Wildman–Crippen MR) is 71.3 cm³/mol. The fourth-order valence-electron chi connectivity index (χ4n) is 2.21. The number of benzene rings is 1. The van der Waals surface area contributed by atoms with E-state index in [0.29, 0.717) is 6.54 Å². The molecular weight excluding hydrogens is 226 g/mol. The first-order valence-electron chi connectivity index (χ1n) is 6.36. The number of hydrogen-bond donors (Lipinski definition) is 1. The summed E-state index contributed by atoms with van der Waals surface area (Å²) in [5.74, 6) is 1.09. The molecule has 0 bridgehead atoms. The second kappa shape index (κ2) is 6.24. The van der Waals surface area contributed by atoms with E-state index in [1.807, 2.05) is 24.3 Å². The maximum absolute atomic E-state index is 12.0. The van der Waals surface area contributed by atoms with Crippen molar-refractivity contribution >= 4 is 5.91 Å². The van der Waals surface area contributed by atoms with Gasteiger partial charge in [-0.15, -0.1) is 0 Å².